The number of anilines is 1. The summed E-state index contributed by atoms with van der Waals surface area (Å²) in [5, 5.41) is 7.45. The monoisotopic (exact) mass is 397 g/mol. The number of aromatic nitrogens is 2. The number of carbonyl (C=O) groups is 1. The van der Waals surface area contributed by atoms with Gasteiger partial charge in [-0.15, -0.1) is 0 Å². The fourth-order valence-corrected chi connectivity index (χ4v) is 4.58. The Bertz CT molecular complexity index is 1020. The molecule has 1 amide bonds. The van der Waals surface area contributed by atoms with Crippen LogP contribution in [0.1, 0.15) is 29.7 Å². The highest BCUT2D eigenvalue weighted by Crippen LogP contribution is 2.31. The van der Waals surface area contributed by atoms with Crippen LogP contribution >= 0.6 is 0 Å². The lowest BCUT2D eigenvalue weighted by molar-refractivity contribution is -0.116. The Hall–Kier alpha value is -2.80. The minimum absolute atomic E-state index is 0.111. The molecule has 0 spiro atoms. The Kier molecular flexibility index (Phi) is 5.34. The van der Waals surface area contributed by atoms with Crippen molar-refractivity contribution in [1.29, 1.82) is 0 Å². The van der Waals surface area contributed by atoms with Gasteiger partial charge in [0.2, 0.25) is 5.91 Å². The zero-order chi connectivity index (χ0) is 19.5. The maximum atomic E-state index is 13.3. The number of aryl methyl sites for hydroxylation is 1. The van der Waals surface area contributed by atoms with E-state index in [4.69, 9.17) is 0 Å². The van der Waals surface area contributed by atoms with Crippen molar-refractivity contribution in [3.05, 3.63) is 77.2 Å². The molecule has 0 radical (unpaired) electrons. The minimum Gasteiger partial charge on any atom is -0.310 e. The molecule has 5 nitrogen and oxygen atoms in total. The average molecular weight is 397 g/mol. The molecular formula is C21H20FN3O2S. The van der Waals surface area contributed by atoms with E-state index in [0.29, 0.717) is 29.4 Å². The first kappa shape index (κ1) is 18.6. The molecule has 0 aliphatic carbocycles. The number of halogens is 1. The van der Waals surface area contributed by atoms with E-state index in [0.717, 1.165) is 24.1 Å². The molecule has 7 heteroatoms. The van der Waals surface area contributed by atoms with Crippen LogP contribution in [0.4, 0.5) is 10.2 Å². The summed E-state index contributed by atoms with van der Waals surface area (Å²) in [6.07, 6.45) is 1.93. The highest BCUT2D eigenvalue weighted by atomic mass is 32.2. The largest absolute Gasteiger partial charge is 0.310 e. The lowest BCUT2D eigenvalue weighted by atomic mass is 10.1. The predicted octanol–water partition coefficient (Wildman–Crippen LogP) is 3.74. The molecule has 144 valence electrons. The van der Waals surface area contributed by atoms with Crippen molar-refractivity contribution < 1.29 is 13.4 Å². The first-order valence-corrected chi connectivity index (χ1v) is 10.6. The number of fused-ring (bicyclic) bond motifs is 1. The smallest absolute Gasteiger partial charge is 0.225 e. The Morgan fingerprint density at radius 1 is 1.11 bits per heavy atom. The number of hydrogen-bond acceptors (Lipinski definition) is 3. The Morgan fingerprint density at radius 2 is 1.86 bits per heavy atom. The van der Waals surface area contributed by atoms with Gasteiger partial charge in [-0.3, -0.25) is 9.00 Å². The summed E-state index contributed by atoms with van der Waals surface area (Å²) in [4.78, 5) is 12.5. The summed E-state index contributed by atoms with van der Waals surface area (Å²) in [5.74, 6) is 0.837. The van der Waals surface area contributed by atoms with Gasteiger partial charge < -0.3 is 5.32 Å². The lowest BCUT2D eigenvalue weighted by Crippen LogP contribution is -2.16. The van der Waals surface area contributed by atoms with Crippen LogP contribution in [0.2, 0.25) is 0 Å². The maximum Gasteiger partial charge on any atom is 0.225 e. The van der Waals surface area contributed by atoms with E-state index in [1.807, 2.05) is 30.3 Å². The first-order chi connectivity index (χ1) is 13.6. The normalized spacial score (nSPS) is 15.4. The van der Waals surface area contributed by atoms with Crippen molar-refractivity contribution in [2.24, 2.45) is 0 Å². The Balaban J connectivity index is 1.50. The minimum atomic E-state index is -0.999. The first-order valence-electron chi connectivity index (χ1n) is 9.15. The molecule has 3 aromatic rings. The molecule has 1 unspecified atom stereocenters. The van der Waals surface area contributed by atoms with Gasteiger partial charge in [0.15, 0.2) is 0 Å². The van der Waals surface area contributed by atoms with Crippen molar-refractivity contribution in [1.82, 2.24) is 9.78 Å². The molecule has 2 aromatic carbocycles. The zero-order valence-electron chi connectivity index (χ0n) is 15.2. The molecule has 2 heterocycles. The molecule has 1 N–H and O–H groups in total. The molecule has 0 bridgehead atoms. The molecule has 1 atom stereocenters. The average Bonchev–Trinajstić information content (AvgIpc) is 3.20. The number of amides is 1. The van der Waals surface area contributed by atoms with E-state index in [1.165, 1.54) is 17.7 Å². The van der Waals surface area contributed by atoms with Crippen LogP contribution in [-0.2, 0) is 33.5 Å². The van der Waals surface area contributed by atoms with Crippen molar-refractivity contribution in [3.8, 4) is 5.69 Å². The fourth-order valence-electron chi connectivity index (χ4n) is 3.32. The molecule has 1 aliphatic heterocycles. The van der Waals surface area contributed by atoms with Crippen LogP contribution in [0.25, 0.3) is 5.69 Å². The Labute approximate surface area is 165 Å². The van der Waals surface area contributed by atoms with Gasteiger partial charge in [0.25, 0.3) is 0 Å². The van der Waals surface area contributed by atoms with Gasteiger partial charge in [-0.1, -0.05) is 30.3 Å². The van der Waals surface area contributed by atoms with Gasteiger partial charge in [-0.05, 0) is 42.7 Å². The second-order valence-electron chi connectivity index (χ2n) is 6.78. The molecule has 0 saturated heterocycles. The third-order valence-electron chi connectivity index (χ3n) is 4.71. The van der Waals surface area contributed by atoms with Crippen LogP contribution in [-0.4, -0.2) is 19.9 Å². The second kappa shape index (κ2) is 8.06. The molecule has 1 aromatic heterocycles. The number of nitrogens with zero attached hydrogens (tertiary/aromatic N) is 2. The van der Waals surface area contributed by atoms with Crippen LogP contribution < -0.4 is 5.32 Å². The molecular weight excluding hydrogens is 377 g/mol. The zero-order valence-corrected chi connectivity index (χ0v) is 16.0. The standard InChI is InChI=1S/C21H20FN3O2S/c22-16-9-11-17(12-10-16)25-21(18-13-28(27)14-19(18)24-25)23-20(26)8-4-7-15-5-2-1-3-6-15/h1-3,5-6,9-12H,4,7-8,13-14H2,(H,23,26). The van der Waals surface area contributed by atoms with Crippen molar-refractivity contribution in [2.45, 2.75) is 30.8 Å². The van der Waals surface area contributed by atoms with Crippen molar-refractivity contribution in [2.75, 3.05) is 5.32 Å². The third kappa shape index (κ3) is 4.04. The van der Waals surface area contributed by atoms with Gasteiger partial charge >= 0.3 is 0 Å². The van der Waals surface area contributed by atoms with Gasteiger partial charge in [0.05, 0.1) is 22.9 Å². The maximum absolute atomic E-state index is 13.3. The van der Waals surface area contributed by atoms with Crippen LogP contribution in [0.3, 0.4) is 0 Å². The van der Waals surface area contributed by atoms with E-state index in [2.05, 4.69) is 10.4 Å². The molecule has 1 aliphatic rings. The summed E-state index contributed by atoms with van der Waals surface area (Å²) in [7, 11) is -0.999. The molecule has 28 heavy (non-hydrogen) atoms. The summed E-state index contributed by atoms with van der Waals surface area (Å²) >= 11 is 0. The van der Waals surface area contributed by atoms with Gasteiger partial charge in [-0.25, -0.2) is 9.07 Å². The lowest BCUT2D eigenvalue weighted by Gasteiger charge is -2.11. The van der Waals surface area contributed by atoms with Crippen molar-refractivity contribution >= 4 is 22.5 Å². The molecule has 0 fully saturated rings. The van der Waals surface area contributed by atoms with Crippen LogP contribution in [0, 0.1) is 5.82 Å². The number of hydrogen-bond donors (Lipinski definition) is 1. The fraction of sp³-hybridized carbons (Fsp3) is 0.238. The Morgan fingerprint density at radius 3 is 2.61 bits per heavy atom. The van der Waals surface area contributed by atoms with E-state index < -0.39 is 10.8 Å². The summed E-state index contributed by atoms with van der Waals surface area (Å²) < 4.78 is 26.8. The third-order valence-corrected chi connectivity index (χ3v) is 5.92. The number of nitrogens with one attached hydrogen (secondary N) is 1. The highest BCUT2D eigenvalue weighted by Gasteiger charge is 2.28. The highest BCUT2D eigenvalue weighted by molar-refractivity contribution is 7.83. The topological polar surface area (TPSA) is 64.0 Å². The second-order valence-corrected chi connectivity index (χ2v) is 8.23. The number of benzene rings is 2. The van der Waals surface area contributed by atoms with Crippen LogP contribution in [0.5, 0.6) is 0 Å². The van der Waals surface area contributed by atoms with Gasteiger partial charge in [-0.2, -0.15) is 5.10 Å². The van der Waals surface area contributed by atoms with E-state index >= 15 is 0 Å². The van der Waals surface area contributed by atoms with E-state index in [-0.39, 0.29) is 11.7 Å². The summed E-state index contributed by atoms with van der Waals surface area (Å²) in [5.41, 5.74) is 3.38. The number of carbonyl (C=O) groups excluding carboxylic acids is 1. The van der Waals surface area contributed by atoms with E-state index in [9.17, 15) is 13.4 Å². The van der Waals surface area contributed by atoms with E-state index in [1.54, 1.807) is 16.8 Å². The molecule has 4 rings (SSSR count). The predicted molar refractivity (Wildman–Crippen MR) is 107 cm³/mol. The number of rotatable bonds is 6. The quantitative estimate of drug-likeness (QED) is 0.689. The summed E-state index contributed by atoms with van der Waals surface area (Å²) in [6.45, 7) is 0. The van der Waals surface area contributed by atoms with Gasteiger partial charge in [0.1, 0.15) is 11.6 Å². The van der Waals surface area contributed by atoms with Gasteiger partial charge in [0, 0.05) is 22.8 Å². The molecule has 0 saturated carbocycles. The summed E-state index contributed by atoms with van der Waals surface area (Å²) in [6, 6.07) is 16.0. The SMILES string of the molecule is O=C(CCCc1ccccc1)Nc1c2c(nn1-c1ccc(F)cc1)CS(=O)C2. The van der Waals surface area contributed by atoms with Crippen LogP contribution in [0.15, 0.2) is 54.6 Å². The van der Waals surface area contributed by atoms with Crippen molar-refractivity contribution in [3.63, 3.8) is 0 Å².